The van der Waals surface area contributed by atoms with Crippen LogP contribution < -0.4 is 14.4 Å². The van der Waals surface area contributed by atoms with Gasteiger partial charge >= 0.3 is 0 Å². The van der Waals surface area contributed by atoms with Gasteiger partial charge in [-0.05, 0) is 23.6 Å². The van der Waals surface area contributed by atoms with Crippen LogP contribution in [0.2, 0.25) is 0 Å². The molecular formula is C19H15N5O2S. The van der Waals surface area contributed by atoms with E-state index in [4.69, 9.17) is 14.5 Å². The van der Waals surface area contributed by atoms with Crippen molar-refractivity contribution in [3.8, 4) is 27.9 Å². The van der Waals surface area contributed by atoms with E-state index >= 15 is 0 Å². The van der Waals surface area contributed by atoms with Crippen molar-refractivity contribution in [2.24, 2.45) is 0 Å². The summed E-state index contributed by atoms with van der Waals surface area (Å²) in [5.74, 6) is 2.86. The zero-order chi connectivity index (χ0) is 18.2. The lowest BCUT2D eigenvalue weighted by Gasteiger charge is -2.21. The fraction of sp³-hybridized carbons (Fsp3) is 0.105. The molecule has 0 saturated heterocycles. The van der Waals surface area contributed by atoms with E-state index in [9.17, 15) is 0 Å². The molecule has 1 aliphatic heterocycles. The number of imidazole rings is 1. The lowest BCUT2D eigenvalue weighted by Crippen LogP contribution is -2.14. The summed E-state index contributed by atoms with van der Waals surface area (Å²) in [5, 5.41) is 2.05. The normalized spacial score (nSPS) is 12.3. The highest BCUT2D eigenvalue weighted by Gasteiger charge is 2.19. The minimum Gasteiger partial charge on any atom is -0.454 e. The highest BCUT2D eigenvalue weighted by molar-refractivity contribution is 7.13. The first-order chi connectivity index (χ1) is 13.3. The van der Waals surface area contributed by atoms with Crippen LogP contribution in [0.4, 0.5) is 11.5 Å². The van der Waals surface area contributed by atoms with Crippen molar-refractivity contribution >= 4 is 22.8 Å². The quantitative estimate of drug-likeness (QED) is 0.538. The van der Waals surface area contributed by atoms with E-state index in [1.54, 1.807) is 28.4 Å². The number of benzene rings is 1. The molecule has 134 valence electrons. The number of hydrogen-bond donors (Lipinski definition) is 0. The smallest absolute Gasteiger partial charge is 0.236 e. The third-order valence-electron chi connectivity index (χ3n) is 4.34. The summed E-state index contributed by atoms with van der Waals surface area (Å²) in [6, 6.07) is 9.95. The van der Waals surface area contributed by atoms with E-state index < -0.39 is 0 Å². The summed E-state index contributed by atoms with van der Waals surface area (Å²) in [4.78, 5) is 16.5. The van der Waals surface area contributed by atoms with Crippen LogP contribution in [0.1, 0.15) is 0 Å². The van der Waals surface area contributed by atoms with Crippen LogP contribution in [0.5, 0.6) is 11.5 Å². The molecule has 0 N–H and O–H groups in total. The molecule has 0 unspecified atom stereocenters. The van der Waals surface area contributed by atoms with Crippen molar-refractivity contribution in [3.05, 3.63) is 60.6 Å². The second-order valence-corrected chi connectivity index (χ2v) is 6.90. The van der Waals surface area contributed by atoms with Gasteiger partial charge in [-0.2, -0.15) is 4.98 Å². The van der Waals surface area contributed by atoms with E-state index in [2.05, 4.69) is 16.0 Å². The van der Waals surface area contributed by atoms with E-state index in [0.29, 0.717) is 5.95 Å². The largest absolute Gasteiger partial charge is 0.454 e. The topological polar surface area (TPSA) is 65.3 Å². The zero-order valence-corrected chi connectivity index (χ0v) is 15.3. The SMILES string of the molecule is CN(c1ccc2c(c1)OCO2)c1nc(-n2ccnc2)ncc1-c1cccs1. The first-order valence-corrected chi connectivity index (χ1v) is 9.20. The maximum atomic E-state index is 5.52. The van der Waals surface area contributed by atoms with E-state index in [-0.39, 0.29) is 6.79 Å². The molecule has 0 fully saturated rings. The van der Waals surface area contributed by atoms with Crippen LogP contribution >= 0.6 is 11.3 Å². The molecule has 0 bridgehead atoms. The summed E-state index contributed by atoms with van der Waals surface area (Å²) in [5.41, 5.74) is 1.92. The van der Waals surface area contributed by atoms with Crippen LogP contribution in [0, 0.1) is 0 Å². The fourth-order valence-electron chi connectivity index (χ4n) is 2.94. The number of thiophene rings is 1. The second kappa shape index (κ2) is 6.40. The van der Waals surface area contributed by atoms with Crippen molar-refractivity contribution in [2.45, 2.75) is 0 Å². The van der Waals surface area contributed by atoms with Gasteiger partial charge < -0.3 is 14.4 Å². The van der Waals surface area contributed by atoms with E-state index in [0.717, 1.165) is 33.4 Å². The van der Waals surface area contributed by atoms with Crippen LogP contribution in [0.25, 0.3) is 16.4 Å². The Morgan fingerprint density at radius 3 is 2.93 bits per heavy atom. The highest BCUT2D eigenvalue weighted by Crippen LogP contribution is 2.39. The molecule has 0 spiro atoms. The average Bonchev–Trinajstić information content (AvgIpc) is 3.48. The predicted molar refractivity (Wildman–Crippen MR) is 103 cm³/mol. The summed E-state index contributed by atoms with van der Waals surface area (Å²) >= 11 is 1.66. The Morgan fingerprint density at radius 2 is 2.11 bits per heavy atom. The molecule has 27 heavy (non-hydrogen) atoms. The van der Waals surface area contributed by atoms with Gasteiger partial charge in [-0.1, -0.05) is 6.07 Å². The average molecular weight is 377 g/mol. The minimum absolute atomic E-state index is 0.251. The number of nitrogens with zero attached hydrogens (tertiary/aromatic N) is 5. The molecule has 7 nitrogen and oxygen atoms in total. The van der Waals surface area contributed by atoms with Gasteiger partial charge in [0.05, 0.1) is 5.56 Å². The molecule has 5 rings (SSSR count). The number of aromatic nitrogens is 4. The number of ether oxygens (including phenoxy) is 2. The number of hydrogen-bond acceptors (Lipinski definition) is 7. The van der Waals surface area contributed by atoms with Gasteiger partial charge in [-0.15, -0.1) is 11.3 Å². The Morgan fingerprint density at radius 1 is 1.19 bits per heavy atom. The number of anilines is 2. The summed E-state index contributed by atoms with van der Waals surface area (Å²) in [6.45, 7) is 0.251. The van der Waals surface area contributed by atoms with Crippen LogP contribution in [0.3, 0.4) is 0 Å². The molecule has 0 saturated carbocycles. The lowest BCUT2D eigenvalue weighted by atomic mass is 10.2. The Bertz CT molecular complexity index is 1080. The molecule has 1 aromatic carbocycles. The van der Waals surface area contributed by atoms with Gasteiger partial charge in [-0.3, -0.25) is 4.57 Å². The van der Waals surface area contributed by atoms with Crippen molar-refractivity contribution in [1.29, 1.82) is 0 Å². The molecule has 3 aromatic heterocycles. The van der Waals surface area contributed by atoms with Crippen LogP contribution in [-0.4, -0.2) is 33.4 Å². The summed E-state index contributed by atoms with van der Waals surface area (Å²) < 4.78 is 12.7. The monoisotopic (exact) mass is 377 g/mol. The van der Waals surface area contributed by atoms with Crippen molar-refractivity contribution < 1.29 is 9.47 Å². The first-order valence-electron chi connectivity index (χ1n) is 8.32. The van der Waals surface area contributed by atoms with Crippen LogP contribution in [-0.2, 0) is 0 Å². The highest BCUT2D eigenvalue weighted by atomic mass is 32.1. The molecule has 0 amide bonds. The molecule has 4 aromatic rings. The standard InChI is InChI=1S/C19H15N5O2S/c1-23(13-4-5-15-16(9-13)26-12-25-15)18-14(17-3-2-8-27-17)10-21-19(22-18)24-7-6-20-11-24/h2-11H,12H2,1H3. The van der Waals surface area contributed by atoms with Crippen LogP contribution in [0.15, 0.2) is 60.6 Å². The van der Waals surface area contributed by atoms with Gasteiger partial charge in [0.25, 0.3) is 0 Å². The Kier molecular flexibility index (Phi) is 3.75. The Balaban J connectivity index is 1.63. The third kappa shape index (κ3) is 2.80. The molecular weight excluding hydrogens is 362 g/mol. The number of fused-ring (bicyclic) bond motifs is 1. The zero-order valence-electron chi connectivity index (χ0n) is 14.4. The van der Waals surface area contributed by atoms with E-state index in [1.165, 1.54) is 0 Å². The Hall–Kier alpha value is -3.39. The summed E-state index contributed by atoms with van der Waals surface area (Å²) in [7, 11) is 1.98. The first kappa shape index (κ1) is 15.8. The lowest BCUT2D eigenvalue weighted by molar-refractivity contribution is 0.174. The van der Waals surface area contributed by atoms with Gasteiger partial charge in [-0.25, -0.2) is 9.97 Å². The van der Waals surface area contributed by atoms with Crippen molar-refractivity contribution in [1.82, 2.24) is 19.5 Å². The minimum atomic E-state index is 0.251. The van der Waals surface area contributed by atoms with Crippen molar-refractivity contribution in [3.63, 3.8) is 0 Å². The third-order valence-corrected chi connectivity index (χ3v) is 5.24. The van der Waals surface area contributed by atoms with E-state index in [1.807, 2.05) is 54.0 Å². The van der Waals surface area contributed by atoms with Crippen molar-refractivity contribution in [2.75, 3.05) is 18.7 Å². The van der Waals surface area contributed by atoms with Gasteiger partial charge in [0.2, 0.25) is 12.7 Å². The molecule has 0 aliphatic carbocycles. The summed E-state index contributed by atoms with van der Waals surface area (Å²) in [6.07, 6.45) is 7.07. The predicted octanol–water partition coefficient (Wildman–Crippen LogP) is 3.89. The second-order valence-electron chi connectivity index (χ2n) is 5.95. The fourth-order valence-corrected chi connectivity index (χ4v) is 3.67. The molecule has 0 atom stereocenters. The maximum absolute atomic E-state index is 5.52. The molecule has 8 heteroatoms. The molecule has 1 aliphatic rings. The van der Waals surface area contributed by atoms with Gasteiger partial charge in [0.1, 0.15) is 12.1 Å². The maximum Gasteiger partial charge on any atom is 0.236 e. The molecule has 4 heterocycles. The molecule has 0 radical (unpaired) electrons. The number of rotatable bonds is 4. The Labute approximate surface area is 159 Å². The van der Waals surface area contributed by atoms with Gasteiger partial charge in [0, 0.05) is 42.3 Å². The van der Waals surface area contributed by atoms with Gasteiger partial charge in [0.15, 0.2) is 11.5 Å².